The van der Waals surface area contributed by atoms with Crippen LogP contribution in [0.1, 0.15) is 28.4 Å². The molecule has 1 heterocycles. The minimum atomic E-state index is -4.24. The number of hydrogen-bond donors (Lipinski definition) is 1. The maximum atomic E-state index is 12.8. The number of hydrogen-bond acceptors (Lipinski definition) is 5. The first kappa shape index (κ1) is 20.0. The van der Waals surface area contributed by atoms with Crippen molar-refractivity contribution in [3.8, 4) is 0 Å². The van der Waals surface area contributed by atoms with Crippen molar-refractivity contribution in [3.63, 3.8) is 0 Å². The molecule has 1 aliphatic rings. The lowest BCUT2D eigenvalue weighted by Gasteiger charge is -2.29. The summed E-state index contributed by atoms with van der Waals surface area (Å²) in [4.78, 5) is 17.5. The highest BCUT2D eigenvalue weighted by Gasteiger charge is 2.42. The highest BCUT2D eigenvalue weighted by atomic mass is 79.9. The van der Waals surface area contributed by atoms with E-state index in [0.717, 1.165) is 14.5 Å². The number of carbonyl (C=O) groups is 1. The summed E-state index contributed by atoms with van der Waals surface area (Å²) >= 11 is 3.47. The van der Waals surface area contributed by atoms with Gasteiger partial charge in [0.2, 0.25) is 0 Å². The van der Waals surface area contributed by atoms with E-state index >= 15 is 0 Å². The van der Waals surface area contributed by atoms with E-state index in [9.17, 15) is 13.2 Å². The molecule has 1 N–H and O–H groups in total. The molecule has 0 aliphatic carbocycles. The number of hydroxylamine groups is 1. The van der Waals surface area contributed by atoms with Crippen molar-refractivity contribution >= 4 is 32.0 Å². The van der Waals surface area contributed by atoms with Crippen LogP contribution in [0.2, 0.25) is 0 Å². The standard InChI is InChI=1S/C18H19BrN2O5S/c1-25-21(27(23,24)20-18(22)13-7-3-2-4-8-13)16-11-12-26-17(16)14-9-5-6-10-15(14)19/h2-10,16-17H,11-12H2,1H3,(H,20,22). The molecule has 0 spiro atoms. The second kappa shape index (κ2) is 8.49. The number of rotatable bonds is 6. The Morgan fingerprint density at radius 2 is 1.85 bits per heavy atom. The summed E-state index contributed by atoms with van der Waals surface area (Å²) in [6.45, 7) is 0.374. The lowest BCUT2D eigenvalue weighted by molar-refractivity contribution is -0.0985. The van der Waals surface area contributed by atoms with E-state index in [1.807, 2.05) is 24.3 Å². The summed E-state index contributed by atoms with van der Waals surface area (Å²) in [5.74, 6) is -0.728. The Bertz CT molecular complexity index is 907. The third-order valence-electron chi connectivity index (χ3n) is 4.22. The minimum absolute atomic E-state index is 0.238. The highest BCUT2D eigenvalue weighted by Crippen LogP contribution is 2.37. The first-order chi connectivity index (χ1) is 12.9. The van der Waals surface area contributed by atoms with Gasteiger partial charge in [-0.25, -0.2) is 4.72 Å². The van der Waals surface area contributed by atoms with Gasteiger partial charge in [-0.3, -0.25) is 9.63 Å². The molecular formula is C18H19BrN2O5S. The maximum absolute atomic E-state index is 12.8. The molecular weight excluding hydrogens is 436 g/mol. The molecule has 1 amide bonds. The normalized spacial score (nSPS) is 20.0. The van der Waals surface area contributed by atoms with Crippen molar-refractivity contribution < 1.29 is 22.8 Å². The van der Waals surface area contributed by atoms with E-state index < -0.39 is 28.3 Å². The van der Waals surface area contributed by atoms with Crippen LogP contribution in [0.3, 0.4) is 0 Å². The lowest BCUT2D eigenvalue weighted by atomic mass is 10.0. The largest absolute Gasteiger partial charge is 0.372 e. The van der Waals surface area contributed by atoms with Crippen LogP contribution < -0.4 is 4.72 Å². The Labute approximate surface area is 166 Å². The van der Waals surface area contributed by atoms with E-state index in [-0.39, 0.29) is 5.56 Å². The molecule has 2 aromatic carbocycles. The number of amides is 1. The predicted octanol–water partition coefficient (Wildman–Crippen LogP) is 2.82. The van der Waals surface area contributed by atoms with Crippen LogP contribution in [-0.2, 0) is 19.8 Å². The van der Waals surface area contributed by atoms with E-state index in [4.69, 9.17) is 9.57 Å². The van der Waals surface area contributed by atoms with Gasteiger partial charge in [-0.05, 0) is 30.2 Å². The van der Waals surface area contributed by atoms with E-state index in [0.29, 0.717) is 13.0 Å². The third kappa shape index (κ3) is 4.39. The predicted molar refractivity (Wildman–Crippen MR) is 103 cm³/mol. The van der Waals surface area contributed by atoms with Gasteiger partial charge in [0, 0.05) is 16.6 Å². The first-order valence-electron chi connectivity index (χ1n) is 8.25. The molecule has 9 heteroatoms. The van der Waals surface area contributed by atoms with Crippen LogP contribution in [0.4, 0.5) is 0 Å². The van der Waals surface area contributed by atoms with Crippen molar-refractivity contribution in [1.29, 1.82) is 0 Å². The quantitative estimate of drug-likeness (QED) is 0.678. The van der Waals surface area contributed by atoms with Gasteiger partial charge in [-0.2, -0.15) is 8.42 Å². The molecule has 3 rings (SSSR count). The van der Waals surface area contributed by atoms with Crippen molar-refractivity contribution in [2.75, 3.05) is 13.7 Å². The Hall–Kier alpha value is -1.78. The molecule has 0 radical (unpaired) electrons. The van der Waals surface area contributed by atoms with Crippen LogP contribution in [0.15, 0.2) is 59.1 Å². The fourth-order valence-corrected chi connectivity index (χ4v) is 4.74. The Morgan fingerprint density at radius 3 is 2.52 bits per heavy atom. The first-order valence-corrected chi connectivity index (χ1v) is 10.5. The van der Waals surface area contributed by atoms with E-state index in [1.165, 1.54) is 19.2 Å². The molecule has 2 atom stereocenters. The van der Waals surface area contributed by atoms with Gasteiger partial charge < -0.3 is 4.74 Å². The smallest absolute Gasteiger partial charge is 0.326 e. The fourth-order valence-electron chi connectivity index (χ4n) is 3.02. The van der Waals surface area contributed by atoms with Gasteiger partial charge in [-0.15, -0.1) is 0 Å². The van der Waals surface area contributed by atoms with Crippen LogP contribution in [-0.4, -0.2) is 38.6 Å². The highest BCUT2D eigenvalue weighted by molar-refractivity contribution is 9.10. The fraction of sp³-hybridized carbons (Fsp3) is 0.278. The van der Waals surface area contributed by atoms with Crippen LogP contribution in [0.25, 0.3) is 0 Å². The second-order valence-electron chi connectivity index (χ2n) is 5.91. The zero-order chi connectivity index (χ0) is 19.4. The molecule has 0 aromatic heterocycles. The van der Waals surface area contributed by atoms with Gasteiger partial charge in [0.05, 0.1) is 13.2 Å². The van der Waals surface area contributed by atoms with Crippen molar-refractivity contribution in [3.05, 3.63) is 70.2 Å². The van der Waals surface area contributed by atoms with Gasteiger partial charge in [0.25, 0.3) is 5.91 Å². The Morgan fingerprint density at radius 1 is 1.19 bits per heavy atom. The minimum Gasteiger partial charge on any atom is -0.372 e. The molecule has 2 unspecified atom stereocenters. The zero-order valence-electron chi connectivity index (χ0n) is 14.5. The molecule has 1 fully saturated rings. The Kier molecular flexibility index (Phi) is 6.28. The Balaban J connectivity index is 1.84. The van der Waals surface area contributed by atoms with Gasteiger partial charge >= 0.3 is 10.2 Å². The average Bonchev–Trinajstić information content (AvgIpc) is 3.11. The second-order valence-corrected chi connectivity index (χ2v) is 8.28. The van der Waals surface area contributed by atoms with E-state index in [2.05, 4.69) is 20.7 Å². The summed E-state index contributed by atoms with van der Waals surface area (Å²) in [5.41, 5.74) is 1.05. The van der Waals surface area contributed by atoms with Crippen molar-refractivity contribution in [1.82, 2.24) is 9.19 Å². The summed E-state index contributed by atoms with van der Waals surface area (Å²) in [5, 5.41) is 0. The lowest BCUT2D eigenvalue weighted by Crippen LogP contribution is -2.48. The van der Waals surface area contributed by atoms with Gasteiger partial charge in [-0.1, -0.05) is 56.8 Å². The molecule has 144 valence electrons. The van der Waals surface area contributed by atoms with Crippen molar-refractivity contribution in [2.24, 2.45) is 0 Å². The number of ether oxygens (including phenoxy) is 1. The number of carbonyl (C=O) groups excluding carboxylic acids is 1. The van der Waals surface area contributed by atoms with Gasteiger partial charge in [0.1, 0.15) is 6.10 Å². The van der Waals surface area contributed by atoms with Crippen LogP contribution in [0, 0.1) is 0 Å². The number of benzene rings is 2. The number of halogens is 1. The SMILES string of the molecule is CON(C1CCOC1c1ccccc1Br)S(=O)(=O)NC(=O)c1ccccc1. The zero-order valence-corrected chi connectivity index (χ0v) is 16.9. The number of nitrogens with zero attached hydrogens (tertiary/aromatic N) is 1. The van der Waals surface area contributed by atoms with Crippen molar-refractivity contribution in [2.45, 2.75) is 18.6 Å². The summed E-state index contributed by atoms with van der Waals surface area (Å²) < 4.78 is 35.0. The van der Waals surface area contributed by atoms with Crippen LogP contribution >= 0.6 is 15.9 Å². The monoisotopic (exact) mass is 454 g/mol. The summed E-state index contributed by atoms with van der Waals surface area (Å²) in [6.07, 6.45) is -0.0933. The maximum Gasteiger partial charge on any atom is 0.326 e. The summed E-state index contributed by atoms with van der Waals surface area (Å²) in [7, 11) is -2.99. The van der Waals surface area contributed by atoms with Crippen LogP contribution in [0.5, 0.6) is 0 Å². The van der Waals surface area contributed by atoms with E-state index in [1.54, 1.807) is 18.2 Å². The molecule has 0 bridgehead atoms. The average molecular weight is 455 g/mol. The number of nitrogens with one attached hydrogen (secondary N) is 1. The molecule has 1 aliphatic heterocycles. The summed E-state index contributed by atoms with van der Waals surface area (Å²) in [6, 6.07) is 14.9. The third-order valence-corrected chi connectivity index (χ3v) is 6.28. The molecule has 27 heavy (non-hydrogen) atoms. The molecule has 2 aromatic rings. The molecule has 1 saturated heterocycles. The topological polar surface area (TPSA) is 84.9 Å². The molecule has 0 saturated carbocycles. The van der Waals surface area contributed by atoms with Gasteiger partial charge in [0.15, 0.2) is 0 Å². The molecule has 7 nitrogen and oxygen atoms in total.